The van der Waals surface area contributed by atoms with Crippen molar-refractivity contribution < 1.29 is 17.9 Å². The molecule has 0 radical (unpaired) electrons. The highest BCUT2D eigenvalue weighted by Gasteiger charge is 2.20. The number of nitrogens with zero attached hydrogens (tertiary/aromatic N) is 4. The summed E-state index contributed by atoms with van der Waals surface area (Å²) in [6.45, 7) is 3.90. The van der Waals surface area contributed by atoms with Crippen LogP contribution in [-0.4, -0.2) is 75.9 Å². The number of hydrogen-bond acceptors (Lipinski definition) is 8. The summed E-state index contributed by atoms with van der Waals surface area (Å²) < 4.78 is 31.9. The second-order valence-corrected chi connectivity index (χ2v) is 10.8. The topological polar surface area (TPSA) is 83.0 Å². The number of thiazole rings is 1. The third kappa shape index (κ3) is 4.57. The number of aromatic nitrogens is 1. The third-order valence-electron chi connectivity index (χ3n) is 5.20. The van der Waals surface area contributed by atoms with E-state index >= 15 is 0 Å². The Morgan fingerprint density at radius 2 is 1.74 bits per heavy atom. The lowest BCUT2D eigenvalue weighted by Crippen LogP contribution is -2.44. The maximum atomic E-state index is 12.5. The number of benzene rings is 2. The number of rotatable bonds is 5. The minimum absolute atomic E-state index is 0.122. The van der Waals surface area contributed by atoms with E-state index in [4.69, 9.17) is 9.72 Å². The Morgan fingerprint density at radius 1 is 1.06 bits per heavy atom. The monoisotopic (exact) mass is 460 g/mol. The SMILES string of the molecule is CN1CCN(c2nc3ccc(OC(=O)c4ccc(S(=O)(=O)N(C)C)cc4)cc3s2)CC1. The first-order valence-electron chi connectivity index (χ1n) is 9.83. The van der Waals surface area contributed by atoms with Crippen LogP contribution in [0.25, 0.3) is 10.2 Å². The van der Waals surface area contributed by atoms with Gasteiger partial charge in [-0.2, -0.15) is 0 Å². The number of hydrogen-bond donors (Lipinski definition) is 0. The van der Waals surface area contributed by atoms with Gasteiger partial charge >= 0.3 is 5.97 Å². The Kier molecular flexibility index (Phi) is 5.98. The molecule has 0 aliphatic carbocycles. The van der Waals surface area contributed by atoms with Crippen molar-refractivity contribution >= 4 is 42.7 Å². The molecule has 1 saturated heterocycles. The predicted molar refractivity (Wildman–Crippen MR) is 122 cm³/mol. The Hall–Kier alpha value is -2.53. The van der Waals surface area contributed by atoms with Crippen LogP contribution in [0.2, 0.25) is 0 Å². The molecule has 1 aromatic heterocycles. The summed E-state index contributed by atoms with van der Waals surface area (Å²) in [5, 5.41) is 0.976. The van der Waals surface area contributed by atoms with Crippen molar-refractivity contribution in [3.8, 4) is 5.75 Å². The molecule has 0 spiro atoms. The van der Waals surface area contributed by atoms with E-state index in [9.17, 15) is 13.2 Å². The lowest BCUT2D eigenvalue weighted by atomic mass is 10.2. The summed E-state index contributed by atoms with van der Waals surface area (Å²) in [5.74, 6) is -0.118. The Morgan fingerprint density at radius 3 is 2.39 bits per heavy atom. The van der Waals surface area contributed by atoms with Gasteiger partial charge in [-0.05, 0) is 43.4 Å². The van der Waals surface area contributed by atoms with Crippen LogP contribution < -0.4 is 9.64 Å². The van der Waals surface area contributed by atoms with E-state index in [0.29, 0.717) is 5.75 Å². The molecule has 164 valence electrons. The van der Waals surface area contributed by atoms with Crippen LogP contribution in [-0.2, 0) is 10.0 Å². The maximum absolute atomic E-state index is 12.5. The third-order valence-corrected chi connectivity index (χ3v) is 8.11. The number of carbonyl (C=O) groups excluding carboxylic acids is 1. The van der Waals surface area contributed by atoms with E-state index < -0.39 is 16.0 Å². The van der Waals surface area contributed by atoms with Crippen molar-refractivity contribution in [2.45, 2.75) is 4.90 Å². The van der Waals surface area contributed by atoms with E-state index in [0.717, 1.165) is 45.8 Å². The van der Waals surface area contributed by atoms with Crippen molar-refractivity contribution in [1.29, 1.82) is 0 Å². The maximum Gasteiger partial charge on any atom is 0.343 e. The van der Waals surface area contributed by atoms with Gasteiger partial charge in [-0.15, -0.1) is 0 Å². The van der Waals surface area contributed by atoms with Crippen LogP contribution >= 0.6 is 11.3 Å². The normalized spacial score (nSPS) is 15.5. The molecule has 10 heteroatoms. The molecule has 0 amide bonds. The van der Waals surface area contributed by atoms with E-state index in [-0.39, 0.29) is 10.5 Å². The molecule has 0 unspecified atom stereocenters. The van der Waals surface area contributed by atoms with Gasteiger partial charge in [0.2, 0.25) is 10.0 Å². The number of fused-ring (bicyclic) bond motifs is 1. The van der Waals surface area contributed by atoms with Gasteiger partial charge in [-0.3, -0.25) is 0 Å². The van der Waals surface area contributed by atoms with E-state index in [1.54, 1.807) is 17.4 Å². The second kappa shape index (κ2) is 8.54. The Labute approximate surface area is 185 Å². The zero-order chi connectivity index (χ0) is 22.2. The molecule has 0 N–H and O–H groups in total. The fourth-order valence-corrected chi connectivity index (χ4v) is 5.18. The van der Waals surface area contributed by atoms with Crippen LogP contribution in [0.1, 0.15) is 10.4 Å². The smallest absolute Gasteiger partial charge is 0.343 e. The van der Waals surface area contributed by atoms with E-state index in [1.165, 1.54) is 38.4 Å². The molecule has 3 aromatic rings. The summed E-state index contributed by atoms with van der Waals surface area (Å²) in [6, 6.07) is 11.1. The molecule has 0 atom stereocenters. The molecule has 4 rings (SSSR count). The zero-order valence-electron chi connectivity index (χ0n) is 17.6. The molecule has 0 bridgehead atoms. The number of sulfonamides is 1. The molecule has 2 aromatic carbocycles. The van der Waals surface area contributed by atoms with Crippen molar-refractivity contribution in [1.82, 2.24) is 14.2 Å². The second-order valence-electron chi connectivity index (χ2n) is 7.62. The van der Waals surface area contributed by atoms with Gasteiger partial charge in [0.1, 0.15) is 5.75 Å². The first kappa shape index (κ1) is 21.7. The van der Waals surface area contributed by atoms with Gasteiger partial charge in [0.05, 0.1) is 20.7 Å². The predicted octanol–water partition coefficient (Wildman–Crippen LogP) is 2.52. The Bertz CT molecular complexity index is 1200. The fourth-order valence-electron chi connectivity index (χ4n) is 3.23. The first-order chi connectivity index (χ1) is 14.7. The average molecular weight is 461 g/mol. The standard InChI is InChI=1S/C21H24N4O4S2/c1-23(2)31(27,28)17-7-4-15(5-8-17)20(26)29-16-6-9-18-19(14-16)30-21(22-18)25-12-10-24(3)11-13-25/h4-9,14H,10-13H2,1-3H3. The Balaban J connectivity index is 1.48. The summed E-state index contributed by atoms with van der Waals surface area (Å²) in [5.41, 5.74) is 1.15. The summed E-state index contributed by atoms with van der Waals surface area (Å²) in [4.78, 5) is 21.9. The van der Waals surface area contributed by atoms with Crippen molar-refractivity contribution in [3.63, 3.8) is 0 Å². The summed E-state index contributed by atoms with van der Waals surface area (Å²) >= 11 is 1.58. The number of likely N-dealkylation sites (N-methyl/N-ethyl adjacent to an activating group) is 1. The van der Waals surface area contributed by atoms with Gasteiger partial charge < -0.3 is 14.5 Å². The lowest BCUT2D eigenvalue weighted by Gasteiger charge is -2.31. The van der Waals surface area contributed by atoms with Crippen LogP contribution in [0, 0.1) is 0 Å². The molecule has 1 aliphatic heterocycles. The highest BCUT2D eigenvalue weighted by atomic mass is 32.2. The molecular weight excluding hydrogens is 436 g/mol. The number of esters is 1. The summed E-state index contributed by atoms with van der Waals surface area (Å²) in [7, 11) is 1.49. The van der Waals surface area contributed by atoms with E-state index in [2.05, 4.69) is 16.8 Å². The van der Waals surface area contributed by atoms with Gasteiger partial charge in [-0.1, -0.05) is 11.3 Å². The van der Waals surface area contributed by atoms with Crippen molar-refractivity contribution in [2.75, 3.05) is 52.2 Å². The van der Waals surface area contributed by atoms with Crippen molar-refractivity contribution in [3.05, 3.63) is 48.0 Å². The molecule has 8 nitrogen and oxygen atoms in total. The van der Waals surface area contributed by atoms with Gasteiger partial charge in [0.15, 0.2) is 5.13 Å². The minimum Gasteiger partial charge on any atom is -0.423 e. The number of ether oxygens (including phenoxy) is 1. The summed E-state index contributed by atoms with van der Waals surface area (Å²) in [6.07, 6.45) is 0. The van der Waals surface area contributed by atoms with Crippen LogP contribution in [0.4, 0.5) is 5.13 Å². The largest absolute Gasteiger partial charge is 0.423 e. The molecular formula is C21H24N4O4S2. The fraction of sp³-hybridized carbons (Fsp3) is 0.333. The number of anilines is 1. The van der Waals surface area contributed by atoms with Gasteiger partial charge in [0.25, 0.3) is 0 Å². The van der Waals surface area contributed by atoms with E-state index in [1.807, 2.05) is 12.1 Å². The molecule has 1 fully saturated rings. The lowest BCUT2D eigenvalue weighted by molar-refractivity contribution is 0.0735. The molecule has 2 heterocycles. The van der Waals surface area contributed by atoms with Crippen LogP contribution in [0.3, 0.4) is 0 Å². The van der Waals surface area contributed by atoms with Gasteiger partial charge in [-0.25, -0.2) is 22.5 Å². The highest BCUT2D eigenvalue weighted by molar-refractivity contribution is 7.89. The highest BCUT2D eigenvalue weighted by Crippen LogP contribution is 2.32. The molecule has 0 saturated carbocycles. The average Bonchev–Trinajstić information content (AvgIpc) is 3.17. The van der Waals surface area contributed by atoms with Gasteiger partial charge in [0, 0.05) is 46.3 Å². The zero-order valence-corrected chi connectivity index (χ0v) is 19.2. The van der Waals surface area contributed by atoms with Crippen molar-refractivity contribution in [2.24, 2.45) is 0 Å². The van der Waals surface area contributed by atoms with Crippen LogP contribution in [0.5, 0.6) is 5.75 Å². The molecule has 1 aliphatic rings. The first-order valence-corrected chi connectivity index (χ1v) is 12.1. The quantitative estimate of drug-likeness (QED) is 0.427. The molecule has 31 heavy (non-hydrogen) atoms. The number of piperazine rings is 1. The van der Waals surface area contributed by atoms with Crippen LogP contribution in [0.15, 0.2) is 47.4 Å². The number of carbonyl (C=O) groups is 1. The minimum atomic E-state index is -3.54.